The van der Waals surface area contributed by atoms with Gasteiger partial charge in [-0.2, -0.15) is 5.26 Å². The first-order chi connectivity index (χ1) is 9.93. The number of rotatable bonds is 7. The zero-order chi connectivity index (χ0) is 15.8. The van der Waals surface area contributed by atoms with Gasteiger partial charge in [-0.05, 0) is 31.0 Å². The Bertz CT molecular complexity index is 511. The molecule has 0 saturated heterocycles. The van der Waals surface area contributed by atoms with Gasteiger partial charge >= 0.3 is 0 Å². The van der Waals surface area contributed by atoms with E-state index >= 15 is 0 Å². The highest BCUT2D eigenvalue weighted by atomic mass is 35.5. The molecule has 1 unspecified atom stereocenters. The molecule has 1 amide bonds. The minimum absolute atomic E-state index is 0.112. The molecule has 0 aliphatic rings. The number of halogens is 1. The Balaban J connectivity index is 2.70. The summed E-state index contributed by atoms with van der Waals surface area (Å²) in [4.78, 5) is 14.1. The van der Waals surface area contributed by atoms with Crippen molar-refractivity contribution in [3.05, 3.63) is 29.3 Å². The van der Waals surface area contributed by atoms with Crippen LogP contribution in [0.15, 0.2) is 24.3 Å². The number of nitrogens with zero attached hydrogens (tertiary/aromatic N) is 2. The Morgan fingerprint density at radius 1 is 1.43 bits per heavy atom. The number of hydrogen-bond donors (Lipinski definition) is 0. The van der Waals surface area contributed by atoms with E-state index in [9.17, 15) is 4.79 Å². The SMILES string of the molecule is CC(C)CN(CCC#N)C(=O)C(C)Oc1cccc(Cl)c1. The van der Waals surface area contributed by atoms with E-state index in [0.29, 0.717) is 36.2 Å². The minimum atomic E-state index is -0.610. The molecule has 0 heterocycles. The lowest BCUT2D eigenvalue weighted by Gasteiger charge is -2.27. The Kier molecular flexibility index (Phi) is 7.04. The Morgan fingerprint density at radius 3 is 2.71 bits per heavy atom. The van der Waals surface area contributed by atoms with Crippen molar-refractivity contribution in [3.63, 3.8) is 0 Å². The molecular weight excluding hydrogens is 288 g/mol. The van der Waals surface area contributed by atoms with Crippen molar-refractivity contribution in [2.24, 2.45) is 5.92 Å². The topological polar surface area (TPSA) is 53.3 Å². The number of carbonyl (C=O) groups excluding carboxylic acids is 1. The predicted octanol–water partition coefficient (Wildman–Crippen LogP) is 3.51. The Morgan fingerprint density at radius 2 is 2.14 bits per heavy atom. The van der Waals surface area contributed by atoms with Crippen LogP contribution in [0.1, 0.15) is 27.2 Å². The molecule has 1 aromatic carbocycles. The van der Waals surface area contributed by atoms with Gasteiger partial charge in [0, 0.05) is 18.1 Å². The van der Waals surface area contributed by atoms with Crippen molar-refractivity contribution in [1.29, 1.82) is 5.26 Å². The number of amides is 1. The largest absolute Gasteiger partial charge is 0.481 e. The van der Waals surface area contributed by atoms with E-state index in [0.717, 1.165) is 0 Å². The van der Waals surface area contributed by atoms with Crippen LogP contribution in [0.2, 0.25) is 5.02 Å². The summed E-state index contributed by atoms with van der Waals surface area (Å²) >= 11 is 5.90. The average molecular weight is 309 g/mol. The monoisotopic (exact) mass is 308 g/mol. The van der Waals surface area contributed by atoms with Crippen LogP contribution in [0.3, 0.4) is 0 Å². The van der Waals surface area contributed by atoms with Gasteiger partial charge in [0.25, 0.3) is 5.91 Å². The molecular formula is C16H21ClN2O2. The van der Waals surface area contributed by atoms with E-state index in [1.54, 1.807) is 36.1 Å². The maximum atomic E-state index is 12.4. The number of ether oxygens (including phenoxy) is 1. The molecule has 0 aliphatic heterocycles. The fraction of sp³-hybridized carbons (Fsp3) is 0.500. The van der Waals surface area contributed by atoms with Gasteiger partial charge in [-0.3, -0.25) is 4.79 Å². The maximum Gasteiger partial charge on any atom is 0.263 e. The lowest BCUT2D eigenvalue weighted by atomic mass is 10.2. The first-order valence-corrected chi connectivity index (χ1v) is 7.39. The van der Waals surface area contributed by atoms with E-state index in [1.165, 1.54) is 0 Å². The first kappa shape index (κ1) is 17.3. The molecule has 0 bridgehead atoms. The Hall–Kier alpha value is -1.73. The highest BCUT2D eigenvalue weighted by Gasteiger charge is 2.22. The lowest BCUT2D eigenvalue weighted by Crippen LogP contribution is -2.42. The van der Waals surface area contributed by atoms with Crippen molar-refractivity contribution in [2.45, 2.75) is 33.3 Å². The van der Waals surface area contributed by atoms with E-state index in [-0.39, 0.29) is 5.91 Å². The summed E-state index contributed by atoms with van der Waals surface area (Å²) in [5, 5.41) is 9.27. The van der Waals surface area contributed by atoms with Gasteiger partial charge in [0.1, 0.15) is 5.75 Å². The van der Waals surface area contributed by atoms with Crippen LogP contribution in [0.5, 0.6) is 5.75 Å². The third kappa shape index (κ3) is 6.05. The fourth-order valence-corrected chi connectivity index (χ4v) is 2.15. The second kappa shape index (κ2) is 8.53. The van der Waals surface area contributed by atoms with Crippen molar-refractivity contribution in [3.8, 4) is 11.8 Å². The van der Waals surface area contributed by atoms with E-state index in [2.05, 4.69) is 6.07 Å². The maximum absolute atomic E-state index is 12.4. The minimum Gasteiger partial charge on any atom is -0.481 e. The molecule has 0 saturated carbocycles. The number of carbonyl (C=O) groups is 1. The third-order valence-electron chi connectivity index (χ3n) is 2.85. The van der Waals surface area contributed by atoms with Gasteiger partial charge in [-0.25, -0.2) is 0 Å². The van der Waals surface area contributed by atoms with Crippen LogP contribution in [-0.4, -0.2) is 30.0 Å². The second-order valence-electron chi connectivity index (χ2n) is 5.30. The van der Waals surface area contributed by atoms with Crippen LogP contribution < -0.4 is 4.74 Å². The van der Waals surface area contributed by atoms with E-state index in [4.69, 9.17) is 21.6 Å². The third-order valence-corrected chi connectivity index (χ3v) is 3.08. The molecule has 5 heteroatoms. The molecule has 0 N–H and O–H groups in total. The lowest BCUT2D eigenvalue weighted by molar-refractivity contribution is -0.138. The van der Waals surface area contributed by atoms with Crippen LogP contribution in [0.25, 0.3) is 0 Å². The van der Waals surface area contributed by atoms with Crippen LogP contribution in [-0.2, 0) is 4.79 Å². The van der Waals surface area contributed by atoms with Crippen molar-refractivity contribution in [1.82, 2.24) is 4.90 Å². The molecule has 0 spiro atoms. The molecule has 1 aromatic rings. The summed E-state index contributed by atoms with van der Waals surface area (Å²) in [5.41, 5.74) is 0. The zero-order valence-corrected chi connectivity index (χ0v) is 13.4. The van der Waals surface area contributed by atoms with E-state index in [1.807, 2.05) is 13.8 Å². The quantitative estimate of drug-likeness (QED) is 0.774. The molecule has 0 radical (unpaired) electrons. The van der Waals surface area contributed by atoms with Gasteiger partial charge in [0.15, 0.2) is 6.10 Å². The van der Waals surface area contributed by atoms with Crippen LogP contribution in [0.4, 0.5) is 0 Å². The van der Waals surface area contributed by atoms with Gasteiger partial charge in [0.2, 0.25) is 0 Å². The fourth-order valence-electron chi connectivity index (χ4n) is 1.97. The standard InChI is InChI=1S/C16H21ClN2O2/c1-12(2)11-19(9-5-8-18)16(20)13(3)21-15-7-4-6-14(17)10-15/h4,6-7,10,12-13H,5,9,11H2,1-3H3. The molecule has 0 fully saturated rings. The molecule has 0 aliphatic carbocycles. The van der Waals surface area contributed by atoms with Crippen molar-refractivity contribution < 1.29 is 9.53 Å². The van der Waals surface area contributed by atoms with E-state index < -0.39 is 6.10 Å². The van der Waals surface area contributed by atoms with Crippen molar-refractivity contribution in [2.75, 3.05) is 13.1 Å². The molecule has 21 heavy (non-hydrogen) atoms. The number of nitriles is 1. The zero-order valence-electron chi connectivity index (χ0n) is 12.7. The highest BCUT2D eigenvalue weighted by molar-refractivity contribution is 6.30. The average Bonchev–Trinajstić information content (AvgIpc) is 2.42. The summed E-state index contributed by atoms with van der Waals surface area (Å²) in [7, 11) is 0. The van der Waals surface area contributed by atoms with Gasteiger partial charge in [-0.15, -0.1) is 0 Å². The predicted molar refractivity (Wildman–Crippen MR) is 83.2 cm³/mol. The highest BCUT2D eigenvalue weighted by Crippen LogP contribution is 2.19. The van der Waals surface area contributed by atoms with Gasteiger partial charge in [0.05, 0.1) is 12.5 Å². The smallest absolute Gasteiger partial charge is 0.263 e. The summed E-state index contributed by atoms with van der Waals surface area (Å²) in [6.07, 6.45) is -0.288. The summed E-state index contributed by atoms with van der Waals surface area (Å²) in [6, 6.07) is 9.03. The summed E-state index contributed by atoms with van der Waals surface area (Å²) < 4.78 is 5.64. The van der Waals surface area contributed by atoms with Crippen molar-refractivity contribution >= 4 is 17.5 Å². The van der Waals surface area contributed by atoms with Gasteiger partial charge in [-0.1, -0.05) is 31.5 Å². The number of benzene rings is 1. The second-order valence-corrected chi connectivity index (χ2v) is 5.74. The van der Waals surface area contributed by atoms with Crippen LogP contribution in [0, 0.1) is 17.2 Å². The molecule has 1 rings (SSSR count). The molecule has 0 aromatic heterocycles. The normalized spacial score (nSPS) is 11.8. The summed E-state index contributed by atoms with van der Waals surface area (Å²) in [5.74, 6) is 0.790. The Labute approximate surface area is 131 Å². The molecule has 4 nitrogen and oxygen atoms in total. The van der Waals surface area contributed by atoms with Crippen LogP contribution >= 0.6 is 11.6 Å². The van der Waals surface area contributed by atoms with Gasteiger partial charge < -0.3 is 9.64 Å². The number of hydrogen-bond acceptors (Lipinski definition) is 3. The summed E-state index contributed by atoms with van der Waals surface area (Å²) in [6.45, 7) is 6.83. The first-order valence-electron chi connectivity index (χ1n) is 7.02. The molecule has 1 atom stereocenters. The molecule has 114 valence electrons.